The molecule has 0 spiro atoms. The summed E-state index contributed by atoms with van der Waals surface area (Å²) in [6.07, 6.45) is 0. The van der Waals surface area contributed by atoms with Crippen molar-refractivity contribution in [2.75, 3.05) is 11.3 Å². The van der Waals surface area contributed by atoms with E-state index in [1.807, 2.05) is 50.2 Å². The van der Waals surface area contributed by atoms with Gasteiger partial charge in [0.1, 0.15) is 0 Å². The van der Waals surface area contributed by atoms with Gasteiger partial charge in [-0.2, -0.15) is 0 Å². The van der Waals surface area contributed by atoms with E-state index in [0.29, 0.717) is 26.7 Å². The summed E-state index contributed by atoms with van der Waals surface area (Å²) in [7, 11) is -1.48. The summed E-state index contributed by atoms with van der Waals surface area (Å²) in [5.41, 5.74) is 4.97. The predicted octanol–water partition coefficient (Wildman–Crippen LogP) is 4.24. The van der Waals surface area contributed by atoms with E-state index in [-0.39, 0.29) is 0 Å². The van der Waals surface area contributed by atoms with Crippen LogP contribution in [-0.4, -0.2) is 38.9 Å². The molecule has 0 aromatic heterocycles. The quantitative estimate of drug-likeness (QED) is 0.369. The zero-order valence-electron chi connectivity index (χ0n) is 18.9. The third kappa shape index (κ3) is 5.83. The molecule has 178 valence electrons. The number of carboxylic acid groups (broad SMARTS) is 1. The van der Waals surface area contributed by atoms with Crippen LogP contribution in [0.15, 0.2) is 59.5 Å². The summed E-state index contributed by atoms with van der Waals surface area (Å²) >= 11 is 6.15. The number of nitrogens with one attached hydrogen (secondary N) is 2. The van der Waals surface area contributed by atoms with Gasteiger partial charge in [-0.15, -0.1) is 0 Å². The minimum Gasteiger partial charge on any atom is -0.480 e. The van der Waals surface area contributed by atoms with Gasteiger partial charge in [0.25, 0.3) is 5.91 Å². The van der Waals surface area contributed by atoms with Crippen LogP contribution in [0, 0.1) is 20.8 Å². The van der Waals surface area contributed by atoms with Gasteiger partial charge in [0.2, 0.25) is 0 Å². The van der Waals surface area contributed by atoms with Crippen LogP contribution in [0.3, 0.4) is 0 Å². The van der Waals surface area contributed by atoms with Crippen molar-refractivity contribution < 1.29 is 24.0 Å². The van der Waals surface area contributed by atoms with E-state index in [4.69, 9.17) is 21.8 Å². The molecule has 3 rings (SSSR count). The number of rotatable bonds is 8. The van der Waals surface area contributed by atoms with E-state index in [2.05, 4.69) is 10.0 Å². The maximum Gasteiger partial charge on any atom is 0.328 e. The van der Waals surface area contributed by atoms with Crippen LogP contribution in [0.2, 0.25) is 5.02 Å². The van der Waals surface area contributed by atoms with Crippen LogP contribution < -0.4 is 10.0 Å². The third-order valence-corrected chi connectivity index (χ3v) is 6.99. The number of amides is 1. The molecule has 0 aliphatic rings. The average Bonchev–Trinajstić information content (AvgIpc) is 2.79. The van der Waals surface area contributed by atoms with Crippen LogP contribution in [0.25, 0.3) is 11.1 Å². The lowest BCUT2D eigenvalue weighted by atomic mass is 9.99. The molecule has 0 aliphatic carbocycles. The van der Waals surface area contributed by atoms with Crippen LogP contribution >= 0.6 is 11.6 Å². The maximum atomic E-state index is 12.9. The number of carbonyl (C=O) groups is 2. The first-order valence-electron chi connectivity index (χ1n) is 10.4. The van der Waals surface area contributed by atoms with Gasteiger partial charge < -0.3 is 20.3 Å². The van der Waals surface area contributed by atoms with Crippen LogP contribution in [-0.2, 0) is 15.8 Å². The monoisotopic (exact) mass is 500 g/mol. The minimum atomic E-state index is -1.48. The van der Waals surface area contributed by atoms with Crippen molar-refractivity contribution in [2.45, 2.75) is 31.7 Å². The summed E-state index contributed by atoms with van der Waals surface area (Å²) in [6, 6.07) is 14.8. The number of benzene rings is 3. The minimum absolute atomic E-state index is 0.312. The average molecular weight is 501 g/mol. The molecule has 2 unspecified atom stereocenters. The van der Waals surface area contributed by atoms with Crippen molar-refractivity contribution in [2.24, 2.45) is 0 Å². The first-order valence-corrected chi connectivity index (χ1v) is 11.9. The summed E-state index contributed by atoms with van der Waals surface area (Å²) in [5, 5.41) is 21.1. The van der Waals surface area contributed by atoms with E-state index >= 15 is 0 Å². The Hall–Kier alpha value is -3.20. The highest BCUT2D eigenvalue weighted by Gasteiger charge is 2.20. The molecule has 1 amide bonds. The molecule has 0 saturated carbocycles. The Morgan fingerprint density at radius 1 is 0.971 bits per heavy atom. The third-order valence-electron chi connectivity index (χ3n) is 5.32. The molecule has 3 aromatic carbocycles. The van der Waals surface area contributed by atoms with Crippen molar-refractivity contribution >= 4 is 40.2 Å². The highest BCUT2D eigenvalue weighted by Crippen LogP contribution is 2.27. The molecule has 0 aliphatic heterocycles. The lowest BCUT2D eigenvalue weighted by Crippen LogP contribution is -2.43. The van der Waals surface area contributed by atoms with Gasteiger partial charge in [-0.05, 0) is 78.9 Å². The number of aliphatic hydroxyl groups is 1. The number of aliphatic carboxylic acids is 1. The topological polar surface area (TPSA) is 116 Å². The predicted molar refractivity (Wildman–Crippen MR) is 134 cm³/mol. The molecule has 34 heavy (non-hydrogen) atoms. The lowest BCUT2D eigenvalue weighted by molar-refractivity contribution is -0.140. The molecule has 9 heteroatoms. The van der Waals surface area contributed by atoms with Gasteiger partial charge in [-0.3, -0.25) is 4.79 Å². The maximum absolute atomic E-state index is 12.9. The Balaban J connectivity index is 1.81. The molecule has 0 radical (unpaired) electrons. The van der Waals surface area contributed by atoms with Gasteiger partial charge in [-0.25, -0.2) is 9.00 Å². The zero-order valence-corrected chi connectivity index (χ0v) is 20.5. The normalized spacial score (nSPS) is 12.6. The number of anilines is 1. The second-order valence-corrected chi connectivity index (χ2v) is 9.48. The fourth-order valence-electron chi connectivity index (χ4n) is 3.40. The number of carboxylic acids is 1. The van der Waals surface area contributed by atoms with Gasteiger partial charge in [0, 0.05) is 16.3 Å². The summed E-state index contributed by atoms with van der Waals surface area (Å²) < 4.78 is 16.0. The highest BCUT2D eigenvalue weighted by atomic mass is 35.5. The Kier molecular flexibility index (Phi) is 8.09. The van der Waals surface area contributed by atoms with Crippen LogP contribution in [0.5, 0.6) is 0 Å². The molecule has 3 aromatic rings. The molecule has 7 nitrogen and oxygen atoms in total. The van der Waals surface area contributed by atoms with Gasteiger partial charge in [0.05, 0.1) is 11.5 Å². The molecular formula is C25H25ClN2O5S. The number of halogens is 1. The summed E-state index contributed by atoms with van der Waals surface area (Å²) in [6.45, 7) is 4.77. The fraction of sp³-hybridized carbons (Fsp3) is 0.200. The van der Waals surface area contributed by atoms with E-state index in [1.54, 1.807) is 25.1 Å². The first-order chi connectivity index (χ1) is 16.1. The van der Waals surface area contributed by atoms with Gasteiger partial charge in [0.15, 0.2) is 17.0 Å². The number of hydrogen-bond donors (Lipinski definition) is 4. The second-order valence-electron chi connectivity index (χ2n) is 7.90. The molecule has 0 bridgehead atoms. The summed E-state index contributed by atoms with van der Waals surface area (Å²) in [5.74, 6) is -1.89. The Morgan fingerprint density at radius 3 is 2.32 bits per heavy atom. The lowest BCUT2D eigenvalue weighted by Gasteiger charge is -2.14. The SMILES string of the molecule is Cc1cc(S(=O)Nc2cccc(-c3ccc(C(=O)NC(CO)C(=O)O)c(C)c3)c2)c(C)cc1Cl. The Bertz CT molecular complexity index is 1280. The van der Waals surface area contributed by atoms with E-state index in [9.17, 15) is 13.8 Å². The van der Waals surface area contributed by atoms with Crippen molar-refractivity contribution in [3.63, 3.8) is 0 Å². The van der Waals surface area contributed by atoms with Crippen LogP contribution in [0.4, 0.5) is 5.69 Å². The molecule has 0 saturated heterocycles. The largest absolute Gasteiger partial charge is 0.480 e. The van der Waals surface area contributed by atoms with Gasteiger partial charge in [-0.1, -0.05) is 35.9 Å². The van der Waals surface area contributed by atoms with Crippen molar-refractivity contribution in [1.29, 1.82) is 0 Å². The number of aliphatic hydroxyl groups excluding tert-OH is 1. The second kappa shape index (κ2) is 10.8. The van der Waals surface area contributed by atoms with E-state index < -0.39 is 35.5 Å². The van der Waals surface area contributed by atoms with Crippen molar-refractivity contribution in [3.05, 3.63) is 81.9 Å². The smallest absolute Gasteiger partial charge is 0.328 e. The van der Waals surface area contributed by atoms with E-state index in [1.165, 1.54) is 0 Å². The Labute approximate surface area is 205 Å². The molecule has 2 atom stereocenters. The van der Waals surface area contributed by atoms with Crippen LogP contribution in [0.1, 0.15) is 27.0 Å². The summed E-state index contributed by atoms with van der Waals surface area (Å²) in [4.78, 5) is 24.1. The van der Waals surface area contributed by atoms with Crippen molar-refractivity contribution in [1.82, 2.24) is 5.32 Å². The highest BCUT2D eigenvalue weighted by molar-refractivity contribution is 7.86. The number of aryl methyl sites for hydroxylation is 3. The molecular weight excluding hydrogens is 476 g/mol. The van der Waals surface area contributed by atoms with Crippen molar-refractivity contribution in [3.8, 4) is 11.1 Å². The number of carbonyl (C=O) groups excluding carboxylic acids is 1. The van der Waals surface area contributed by atoms with E-state index in [0.717, 1.165) is 22.3 Å². The van der Waals surface area contributed by atoms with Gasteiger partial charge >= 0.3 is 5.97 Å². The molecule has 0 heterocycles. The standard InChI is InChI=1S/C25H25ClN2O5S/c1-14-9-18(7-8-20(14)24(30)27-22(13-29)25(31)32)17-5-4-6-19(12-17)28-34(33)23-11-15(2)21(26)10-16(23)3/h4-12,22,28-29H,13H2,1-3H3,(H,27,30)(H,31,32). The Morgan fingerprint density at radius 2 is 1.68 bits per heavy atom. The zero-order chi connectivity index (χ0) is 25.0. The fourth-order valence-corrected chi connectivity index (χ4v) is 4.70. The molecule has 4 N–H and O–H groups in total. The number of hydrogen-bond acceptors (Lipinski definition) is 4. The molecule has 0 fully saturated rings. The first kappa shape index (κ1) is 25.4.